The fourth-order valence-corrected chi connectivity index (χ4v) is 3.38. The van der Waals surface area contributed by atoms with Gasteiger partial charge in [-0.25, -0.2) is 4.98 Å². The highest BCUT2D eigenvalue weighted by molar-refractivity contribution is 5.78. The van der Waals surface area contributed by atoms with E-state index >= 15 is 0 Å². The van der Waals surface area contributed by atoms with Gasteiger partial charge in [-0.15, -0.1) is 0 Å². The Morgan fingerprint density at radius 1 is 1.17 bits per heavy atom. The Bertz CT molecular complexity index is 694. The van der Waals surface area contributed by atoms with Crippen LogP contribution in [-0.4, -0.2) is 37.9 Å². The number of pyridine rings is 1. The minimum atomic E-state index is 0.164. The van der Waals surface area contributed by atoms with E-state index in [9.17, 15) is 4.79 Å². The molecule has 2 fully saturated rings. The van der Waals surface area contributed by atoms with E-state index in [1.54, 1.807) is 0 Å². The summed E-state index contributed by atoms with van der Waals surface area (Å²) in [7, 11) is 0. The highest BCUT2D eigenvalue weighted by atomic mass is 16.1. The van der Waals surface area contributed by atoms with E-state index in [-0.39, 0.29) is 11.9 Å². The minimum Gasteiger partial charge on any atom is -0.352 e. The number of hydrogen-bond donors (Lipinski definition) is 1. The molecular weight excluding hydrogens is 302 g/mol. The van der Waals surface area contributed by atoms with Gasteiger partial charge in [0, 0.05) is 50.2 Å². The van der Waals surface area contributed by atoms with Gasteiger partial charge in [0.25, 0.3) is 0 Å². The normalized spacial score (nSPS) is 20.5. The predicted molar refractivity (Wildman–Crippen MR) is 90.0 cm³/mol. The summed E-state index contributed by atoms with van der Waals surface area (Å²) < 4.78 is 2.30. The van der Waals surface area contributed by atoms with Gasteiger partial charge in [-0.2, -0.15) is 0 Å². The standard InChI is InChI=1S/C18H23N5O/c24-18-7-4-15(21-18)12-22(11-14-3-1-2-8-19-14)13-17-20-9-10-23(17)16-5-6-16/h1-3,8-10,15-16H,4-7,11-13H2,(H,21,24)/t15-/m0/s1. The van der Waals surface area contributed by atoms with Crippen LogP contribution >= 0.6 is 0 Å². The Morgan fingerprint density at radius 2 is 2.08 bits per heavy atom. The maximum Gasteiger partial charge on any atom is 0.220 e. The lowest BCUT2D eigenvalue weighted by molar-refractivity contribution is -0.119. The minimum absolute atomic E-state index is 0.164. The van der Waals surface area contributed by atoms with Gasteiger partial charge in [0.1, 0.15) is 5.82 Å². The summed E-state index contributed by atoms with van der Waals surface area (Å²) in [5.74, 6) is 1.27. The molecule has 6 nitrogen and oxygen atoms in total. The third-order valence-electron chi connectivity index (χ3n) is 4.73. The second-order valence-corrected chi connectivity index (χ2v) is 6.78. The van der Waals surface area contributed by atoms with E-state index in [1.807, 2.05) is 30.6 Å². The molecule has 126 valence electrons. The number of imidazole rings is 1. The number of carbonyl (C=O) groups excluding carboxylic acids is 1. The Kier molecular flexibility index (Phi) is 4.30. The molecule has 0 aromatic carbocycles. The van der Waals surface area contributed by atoms with E-state index in [2.05, 4.69) is 30.9 Å². The number of hydrogen-bond acceptors (Lipinski definition) is 4. The molecule has 2 aromatic heterocycles. The molecule has 1 saturated heterocycles. The van der Waals surface area contributed by atoms with Crippen molar-refractivity contribution >= 4 is 5.91 Å². The Balaban J connectivity index is 1.48. The summed E-state index contributed by atoms with van der Waals surface area (Å²) >= 11 is 0. The average Bonchev–Trinajstić information content (AvgIpc) is 3.19. The number of rotatable bonds is 7. The molecule has 1 aliphatic heterocycles. The van der Waals surface area contributed by atoms with E-state index < -0.39 is 0 Å². The molecule has 24 heavy (non-hydrogen) atoms. The molecule has 2 aromatic rings. The first-order valence-electron chi connectivity index (χ1n) is 8.71. The highest BCUT2D eigenvalue weighted by Crippen LogP contribution is 2.35. The zero-order valence-electron chi connectivity index (χ0n) is 13.8. The van der Waals surface area contributed by atoms with Gasteiger partial charge in [-0.1, -0.05) is 6.07 Å². The summed E-state index contributed by atoms with van der Waals surface area (Å²) in [6, 6.07) is 6.86. The summed E-state index contributed by atoms with van der Waals surface area (Å²) in [6.07, 6.45) is 9.86. The molecule has 1 amide bonds. The van der Waals surface area contributed by atoms with Crippen LogP contribution in [0.4, 0.5) is 0 Å². The fourth-order valence-electron chi connectivity index (χ4n) is 3.38. The molecule has 0 radical (unpaired) electrons. The Labute approximate surface area is 141 Å². The molecule has 4 rings (SSSR count). The molecule has 0 bridgehead atoms. The summed E-state index contributed by atoms with van der Waals surface area (Å²) in [5.41, 5.74) is 1.05. The average molecular weight is 325 g/mol. The van der Waals surface area contributed by atoms with Gasteiger partial charge in [0.05, 0.1) is 12.2 Å². The third-order valence-corrected chi connectivity index (χ3v) is 4.73. The van der Waals surface area contributed by atoms with E-state index in [4.69, 9.17) is 0 Å². The second-order valence-electron chi connectivity index (χ2n) is 6.78. The Morgan fingerprint density at radius 3 is 2.79 bits per heavy atom. The zero-order chi connectivity index (χ0) is 16.4. The van der Waals surface area contributed by atoms with Crippen LogP contribution in [-0.2, 0) is 17.9 Å². The molecule has 1 aliphatic carbocycles. The Hall–Kier alpha value is -2.21. The van der Waals surface area contributed by atoms with E-state index in [0.717, 1.165) is 37.6 Å². The molecule has 1 N–H and O–H groups in total. The topological polar surface area (TPSA) is 63.1 Å². The van der Waals surface area contributed by atoms with Crippen molar-refractivity contribution in [3.8, 4) is 0 Å². The number of nitrogens with one attached hydrogen (secondary N) is 1. The van der Waals surface area contributed by atoms with Crippen LogP contribution in [0.3, 0.4) is 0 Å². The van der Waals surface area contributed by atoms with Crippen molar-refractivity contribution in [3.63, 3.8) is 0 Å². The van der Waals surface area contributed by atoms with Gasteiger partial charge in [-0.05, 0) is 31.4 Å². The number of amides is 1. The second kappa shape index (κ2) is 6.73. The first-order valence-corrected chi connectivity index (χ1v) is 8.71. The molecular formula is C18H23N5O. The van der Waals surface area contributed by atoms with Gasteiger partial charge < -0.3 is 9.88 Å². The van der Waals surface area contributed by atoms with Crippen molar-refractivity contribution in [2.75, 3.05) is 6.54 Å². The fraction of sp³-hybridized carbons (Fsp3) is 0.500. The maximum atomic E-state index is 11.5. The molecule has 0 unspecified atom stereocenters. The van der Waals surface area contributed by atoms with Crippen molar-refractivity contribution in [1.82, 2.24) is 24.8 Å². The molecule has 3 heterocycles. The van der Waals surface area contributed by atoms with Gasteiger partial charge in [0.2, 0.25) is 5.91 Å². The first kappa shape index (κ1) is 15.3. The van der Waals surface area contributed by atoms with Crippen LogP contribution in [0, 0.1) is 0 Å². The van der Waals surface area contributed by atoms with Crippen LogP contribution in [0.25, 0.3) is 0 Å². The van der Waals surface area contributed by atoms with Crippen LogP contribution in [0.15, 0.2) is 36.8 Å². The van der Waals surface area contributed by atoms with Crippen LogP contribution in [0.1, 0.15) is 43.2 Å². The third kappa shape index (κ3) is 3.64. The SMILES string of the molecule is O=C1CC[C@@H](CN(Cc2ccccn2)Cc2nccn2C2CC2)N1. The molecule has 0 spiro atoms. The summed E-state index contributed by atoms with van der Waals surface area (Å²) in [5, 5.41) is 3.07. The largest absolute Gasteiger partial charge is 0.352 e. The predicted octanol–water partition coefficient (Wildman–Crippen LogP) is 1.89. The van der Waals surface area contributed by atoms with Crippen molar-refractivity contribution in [3.05, 3.63) is 48.3 Å². The molecule has 2 aliphatic rings. The monoisotopic (exact) mass is 325 g/mol. The van der Waals surface area contributed by atoms with Crippen molar-refractivity contribution in [1.29, 1.82) is 0 Å². The highest BCUT2D eigenvalue weighted by Gasteiger charge is 2.27. The van der Waals surface area contributed by atoms with E-state index in [0.29, 0.717) is 12.5 Å². The quantitative estimate of drug-likeness (QED) is 0.844. The zero-order valence-corrected chi connectivity index (χ0v) is 13.8. The molecule has 1 saturated carbocycles. The van der Waals surface area contributed by atoms with Gasteiger partial charge >= 0.3 is 0 Å². The lowest BCUT2D eigenvalue weighted by atomic mass is 10.2. The maximum absolute atomic E-state index is 11.5. The van der Waals surface area contributed by atoms with E-state index in [1.165, 1.54) is 12.8 Å². The smallest absolute Gasteiger partial charge is 0.220 e. The number of aromatic nitrogens is 3. The van der Waals surface area contributed by atoms with Crippen LogP contribution < -0.4 is 5.32 Å². The number of carbonyl (C=O) groups is 1. The lowest BCUT2D eigenvalue weighted by Gasteiger charge is -2.25. The molecule has 6 heteroatoms. The van der Waals surface area contributed by atoms with Crippen LogP contribution in [0.5, 0.6) is 0 Å². The van der Waals surface area contributed by atoms with Crippen molar-refractivity contribution in [2.24, 2.45) is 0 Å². The van der Waals surface area contributed by atoms with Crippen LogP contribution in [0.2, 0.25) is 0 Å². The molecule has 1 atom stereocenters. The van der Waals surface area contributed by atoms with Crippen molar-refractivity contribution < 1.29 is 4.79 Å². The summed E-state index contributed by atoms with van der Waals surface area (Å²) in [6.45, 7) is 2.39. The number of nitrogens with zero attached hydrogens (tertiary/aromatic N) is 4. The van der Waals surface area contributed by atoms with Gasteiger partial charge in [0.15, 0.2) is 0 Å². The van der Waals surface area contributed by atoms with Crippen molar-refractivity contribution in [2.45, 2.75) is 50.9 Å². The van der Waals surface area contributed by atoms with Gasteiger partial charge in [-0.3, -0.25) is 14.7 Å². The lowest BCUT2D eigenvalue weighted by Crippen LogP contribution is -2.38. The first-order chi connectivity index (χ1) is 11.8. The summed E-state index contributed by atoms with van der Waals surface area (Å²) in [4.78, 5) is 22.9.